The van der Waals surface area contributed by atoms with Gasteiger partial charge in [-0.15, -0.1) is 0 Å². The van der Waals surface area contributed by atoms with Crippen LogP contribution in [0.1, 0.15) is 6.23 Å². The van der Waals surface area contributed by atoms with Crippen molar-refractivity contribution in [3.63, 3.8) is 0 Å². The van der Waals surface area contributed by atoms with Crippen LogP contribution in [0.25, 0.3) is 0 Å². The van der Waals surface area contributed by atoms with Gasteiger partial charge in [-0.2, -0.15) is 0 Å². The molecular weight excluding hydrogens is 366 g/mol. The number of aliphatic hydroxyl groups is 4. The Kier molecular flexibility index (Phi) is 5.79. The van der Waals surface area contributed by atoms with E-state index in [-0.39, 0.29) is 13.2 Å². The summed E-state index contributed by atoms with van der Waals surface area (Å²) >= 11 is 0. The van der Waals surface area contributed by atoms with Crippen molar-refractivity contribution >= 4 is 0 Å². The third-order valence-corrected chi connectivity index (χ3v) is 4.80. The first-order chi connectivity index (χ1) is 12.8. The molecule has 0 amide bonds. The average molecular weight is 389 g/mol. The van der Waals surface area contributed by atoms with Gasteiger partial charge in [0.15, 0.2) is 12.5 Å². The van der Waals surface area contributed by atoms with Gasteiger partial charge in [-0.1, -0.05) is 0 Å². The Morgan fingerprint density at radius 1 is 1.07 bits per heavy atom. The first-order valence-corrected chi connectivity index (χ1v) is 8.39. The van der Waals surface area contributed by atoms with E-state index in [2.05, 4.69) is 0 Å². The summed E-state index contributed by atoms with van der Waals surface area (Å²) in [6.07, 6.45) is -8.47. The number of aliphatic hydroxyl groups excluding tert-OH is 4. The monoisotopic (exact) mass is 389 g/mol. The molecule has 2 aliphatic rings. The van der Waals surface area contributed by atoms with E-state index >= 15 is 0 Å². The number of ether oxygens (including phenoxy) is 3. The maximum atomic E-state index is 12.2. The molecule has 1 aromatic rings. The summed E-state index contributed by atoms with van der Waals surface area (Å²) in [4.78, 5) is 23.7. The quantitative estimate of drug-likeness (QED) is 0.330. The average Bonchev–Trinajstić information content (AvgIpc) is 3.09. The number of aromatic nitrogens is 2. The van der Waals surface area contributed by atoms with Gasteiger partial charge in [-0.25, -0.2) is 4.79 Å². The van der Waals surface area contributed by atoms with Gasteiger partial charge in [-0.05, 0) is 0 Å². The van der Waals surface area contributed by atoms with Crippen molar-refractivity contribution in [2.75, 3.05) is 13.2 Å². The van der Waals surface area contributed by atoms with Gasteiger partial charge >= 0.3 is 5.69 Å². The summed E-state index contributed by atoms with van der Waals surface area (Å²) in [5, 5.41) is 40.0. The molecule has 0 aliphatic carbocycles. The maximum absolute atomic E-state index is 12.2. The normalized spacial score (nSPS) is 39.2. The maximum Gasteiger partial charge on any atom is 0.332 e. The van der Waals surface area contributed by atoms with Gasteiger partial charge in [0, 0.05) is 25.9 Å². The van der Waals surface area contributed by atoms with Gasteiger partial charge in [0.2, 0.25) is 0 Å². The van der Waals surface area contributed by atoms with Crippen molar-refractivity contribution in [2.24, 2.45) is 12.8 Å². The second-order valence-corrected chi connectivity index (χ2v) is 6.54. The highest BCUT2D eigenvalue weighted by molar-refractivity contribution is 4.94. The van der Waals surface area contributed by atoms with Crippen LogP contribution in [0.2, 0.25) is 0 Å². The highest BCUT2D eigenvalue weighted by Crippen LogP contribution is 2.29. The summed E-state index contributed by atoms with van der Waals surface area (Å²) < 4.78 is 18.0. The van der Waals surface area contributed by atoms with Gasteiger partial charge in [0.25, 0.3) is 5.56 Å². The predicted molar refractivity (Wildman–Crippen MR) is 87.5 cm³/mol. The van der Waals surface area contributed by atoms with Crippen molar-refractivity contribution < 1.29 is 34.6 Å². The molecule has 8 atom stereocenters. The lowest BCUT2D eigenvalue weighted by Crippen LogP contribution is -2.41. The highest BCUT2D eigenvalue weighted by atomic mass is 16.7. The fourth-order valence-electron chi connectivity index (χ4n) is 3.11. The Hall–Kier alpha value is -1.64. The molecule has 0 unspecified atom stereocenters. The standard InChI is InChI=1S/C15H23N3O9/c1-17-8(19)2-3-18(15(17)24)13-11(22)10(21)7(26-13)5-25-14-12(23)9(20)6(4-16)27-14/h2-3,6-7,9-14,20-23H,4-5,16H2,1H3/t6-,7-,9-,10-,11-,12-,13-,14-/m1/s1. The summed E-state index contributed by atoms with van der Waals surface area (Å²) in [5.74, 6) is 0. The van der Waals surface area contributed by atoms with Gasteiger partial charge in [0.05, 0.1) is 6.61 Å². The molecule has 3 heterocycles. The summed E-state index contributed by atoms with van der Waals surface area (Å²) in [6, 6.07) is 1.13. The van der Waals surface area contributed by atoms with Crippen molar-refractivity contribution in [2.45, 2.75) is 49.1 Å². The van der Waals surface area contributed by atoms with Crippen LogP contribution in [-0.4, -0.2) is 85.6 Å². The molecule has 0 spiro atoms. The summed E-state index contributed by atoms with van der Waals surface area (Å²) in [5.41, 5.74) is 4.18. The molecular formula is C15H23N3O9. The van der Waals surface area contributed by atoms with Gasteiger partial charge in [0.1, 0.15) is 36.6 Å². The van der Waals surface area contributed by atoms with Crippen LogP contribution in [0.3, 0.4) is 0 Å². The lowest BCUT2D eigenvalue weighted by molar-refractivity contribution is -0.187. The minimum atomic E-state index is -1.45. The number of nitrogens with zero attached hydrogens (tertiary/aromatic N) is 2. The van der Waals surface area contributed by atoms with E-state index in [1.54, 1.807) is 0 Å². The second-order valence-electron chi connectivity index (χ2n) is 6.54. The third-order valence-electron chi connectivity index (χ3n) is 4.80. The lowest BCUT2D eigenvalue weighted by Gasteiger charge is -2.20. The Labute approximate surface area is 152 Å². The van der Waals surface area contributed by atoms with Crippen molar-refractivity contribution in [3.8, 4) is 0 Å². The fraction of sp³-hybridized carbons (Fsp3) is 0.733. The lowest BCUT2D eigenvalue weighted by atomic mass is 10.1. The van der Waals surface area contributed by atoms with E-state index in [1.165, 1.54) is 13.2 Å². The smallest absolute Gasteiger partial charge is 0.332 e. The molecule has 2 fully saturated rings. The van der Waals surface area contributed by atoms with Crippen LogP contribution in [0, 0.1) is 0 Å². The van der Waals surface area contributed by atoms with Crippen LogP contribution in [0.4, 0.5) is 0 Å². The number of hydrogen-bond acceptors (Lipinski definition) is 10. The summed E-state index contributed by atoms with van der Waals surface area (Å²) in [6.45, 7) is -0.307. The first kappa shape index (κ1) is 20.1. The summed E-state index contributed by atoms with van der Waals surface area (Å²) in [7, 11) is 1.28. The molecule has 12 heteroatoms. The van der Waals surface area contributed by atoms with Crippen molar-refractivity contribution in [1.29, 1.82) is 0 Å². The molecule has 1 aromatic heterocycles. The van der Waals surface area contributed by atoms with Gasteiger partial charge < -0.3 is 40.4 Å². The molecule has 0 aromatic carbocycles. The fourth-order valence-corrected chi connectivity index (χ4v) is 3.11. The topological polar surface area (TPSA) is 179 Å². The minimum Gasteiger partial charge on any atom is -0.387 e. The first-order valence-electron chi connectivity index (χ1n) is 8.39. The largest absolute Gasteiger partial charge is 0.387 e. The van der Waals surface area contributed by atoms with E-state index in [4.69, 9.17) is 19.9 Å². The number of nitrogens with two attached hydrogens (primary N) is 1. The molecule has 27 heavy (non-hydrogen) atoms. The molecule has 152 valence electrons. The zero-order chi connectivity index (χ0) is 19.9. The van der Waals surface area contributed by atoms with Crippen LogP contribution < -0.4 is 17.0 Å². The van der Waals surface area contributed by atoms with E-state index < -0.39 is 60.4 Å². The Morgan fingerprint density at radius 2 is 1.74 bits per heavy atom. The molecule has 2 aliphatic heterocycles. The molecule has 3 rings (SSSR count). The number of hydrogen-bond donors (Lipinski definition) is 5. The zero-order valence-electron chi connectivity index (χ0n) is 14.5. The van der Waals surface area contributed by atoms with Crippen LogP contribution >= 0.6 is 0 Å². The van der Waals surface area contributed by atoms with Gasteiger partial charge in [-0.3, -0.25) is 13.9 Å². The Morgan fingerprint density at radius 3 is 2.37 bits per heavy atom. The predicted octanol–water partition coefficient (Wildman–Crippen LogP) is -4.41. The SMILES string of the molecule is Cn1c(=O)ccn([C@@H]2O[C@H](CO[C@@H]3O[C@H](CN)[C@@H](O)[C@H]3O)[C@@H](O)[C@H]2O)c1=O. The number of rotatable bonds is 5. The van der Waals surface area contributed by atoms with Crippen molar-refractivity contribution in [1.82, 2.24) is 9.13 Å². The zero-order valence-corrected chi connectivity index (χ0v) is 14.5. The molecule has 12 nitrogen and oxygen atoms in total. The highest BCUT2D eigenvalue weighted by Gasteiger charge is 2.47. The molecule has 0 bridgehead atoms. The van der Waals surface area contributed by atoms with E-state index in [0.717, 1.165) is 15.2 Å². The second kappa shape index (κ2) is 7.77. The van der Waals surface area contributed by atoms with Crippen LogP contribution in [0.5, 0.6) is 0 Å². The van der Waals surface area contributed by atoms with Crippen molar-refractivity contribution in [3.05, 3.63) is 33.1 Å². The molecule has 0 radical (unpaired) electrons. The molecule has 2 saturated heterocycles. The van der Waals surface area contributed by atoms with Crippen LogP contribution in [-0.2, 0) is 21.3 Å². The van der Waals surface area contributed by atoms with E-state index in [9.17, 15) is 30.0 Å². The van der Waals surface area contributed by atoms with Crippen LogP contribution in [0.15, 0.2) is 21.9 Å². The Bertz CT molecular complexity index is 781. The Balaban J connectivity index is 1.68. The van der Waals surface area contributed by atoms with E-state index in [1.807, 2.05) is 0 Å². The minimum absolute atomic E-state index is 0.0168. The molecule has 0 saturated carbocycles. The third kappa shape index (κ3) is 3.58. The van der Waals surface area contributed by atoms with E-state index in [0.29, 0.717) is 0 Å². The molecule has 6 N–H and O–H groups in total.